The van der Waals surface area contributed by atoms with Gasteiger partial charge in [0.15, 0.2) is 0 Å². The molecule has 0 heterocycles. The summed E-state index contributed by atoms with van der Waals surface area (Å²) in [6.45, 7) is 12.3. The number of rotatable bonds is 7. The molecule has 112 valence electrons. The molecule has 4 nitrogen and oxygen atoms in total. The van der Waals surface area contributed by atoms with Crippen LogP contribution in [0.3, 0.4) is 0 Å². The second-order valence-corrected chi connectivity index (χ2v) is 6.51. The average molecular weight is 272 g/mol. The maximum Gasteiger partial charge on any atom is 0.306 e. The van der Waals surface area contributed by atoms with E-state index in [1.807, 2.05) is 41.5 Å². The Morgan fingerprint density at radius 2 is 1.53 bits per heavy atom. The SMILES string of the molecule is CC(C)C(C)OC(=O)CCCC(=O)OCC(C)(C)C. The highest BCUT2D eigenvalue weighted by atomic mass is 16.5. The Balaban J connectivity index is 3.73. The van der Waals surface area contributed by atoms with Crippen molar-refractivity contribution in [1.29, 1.82) is 0 Å². The van der Waals surface area contributed by atoms with Crippen molar-refractivity contribution in [2.75, 3.05) is 6.61 Å². The van der Waals surface area contributed by atoms with E-state index in [1.165, 1.54) is 0 Å². The maximum atomic E-state index is 11.5. The molecular weight excluding hydrogens is 244 g/mol. The van der Waals surface area contributed by atoms with Crippen LogP contribution in [0.5, 0.6) is 0 Å². The number of ether oxygens (including phenoxy) is 2. The van der Waals surface area contributed by atoms with Crippen LogP contribution in [0.1, 0.15) is 60.8 Å². The average Bonchev–Trinajstić information content (AvgIpc) is 2.25. The van der Waals surface area contributed by atoms with Gasteiger partial charge in [0.2, 0.25) is 0 Å². The van der Waals surface area contributed by atoms with E-state index < -0.39 is 0 Å². The predicted molar refractivity (Wildman–Crippen MR) is 74.7 cm³/mol. The molecule has 0 aromatic heterocycles. The summed E-state index contributed by atoms with van der Waals surface area (Å²) in [5.74, 6) is -0.190. The molecular formula is C15H28O4. The molecule has 1 atom stereocenters. The summed E-state index contributed by atoms with van der Waals surface area (Å²) < 4.78 is 10.3. The fraction of sp³-hybridized carbons (Fsp3) is 0.867. The first-order valence-electron chi connectivity index (χ1n) is 6.97. The highest BCUT2D eigenvalue weighted by Gasteiger charge is 2.15. The van der Waals surface area contributed by atoms with Crippen molar-refractivity contribution in [3.8, 4) is 0 Å². The van der Waals surface area contributed by atoms with Gasteiger partial charge in [0, 0.05) is 12.8 Å². The molecule has 0 spiro atoms. The van der Waals surface area contributed by atoms with Gasteiger partial charge in [-0.05, 0) is 24.7 Å². The van der Waals surface area contributed by atoms with E-state index in [9.17, 15) is 9.59 Å². The van der Waals surface area contributed by atoms with Gasteiger partial charge in [0.05, 0.1) is 6.61 Å². The zero-order chi connectivity index (χ0) is 15.1. The minimum absolute atomic E-state index is 0.0265. The lowest BCUT2D eigenvalue weighted by molar-refractivity contribution is -0.151. The molecule has 0 aliphatic carbocycles. The quantitative estimate of drug-likeness (QED) is 0.667. The number of hydrogen-bond donors (Lipinski definition) is 0. The summed E-state index contributed by atoms with van der Waals surface area (Å²) in [6, 6.07) is 0. The van der Waals surface area contributed by atoms with Crippen molar-refractivity contribution in [1.82, 2.24) is 0 Å². The lowest BCUT2D eigenvalue weighted by Crippen LogP contribution is -2.20. The van der Waals surface area contributed by atoms with Crippen LogP contribution < -0.4 is 0 Å². The van der Waals surface area contributed by atoms with Gasteiger partial charge in [-0.2, -0.15) is 0 Å². The summed E-state index contributed by atoms with van der Waals surface area (Å²) in [6.07, 6.45) is 0.926. The predicted octanol–water partition coefficient (Wildman–Crippen LogP) is 3.33. The molecule has 1 unspecified atom stereocenters. The Morgan fingerprint density at radius 3 is 2.00 bits per heavy atom. The fourth-order valence-electron chi connectivity index (χ4n) is 1.15. The van der Waals surface area contributed by atoms with Gasteiger partial charge in [-0.25, -0.2) is 0 Å². The Labute approximate surface area is 116 Å². The van der Waals surface area contributed by atoms with Gasteiger partial charge in [0.1, 0.15) is 6.10 Å². The first kappa shape index (κ1) is 17.9. The summed E-state index contributed by atoms with van der Waals surface area (Å²) in [5.41, 5.74) is -0.0265. The van der Waals surface area contributed by atoms with Crippen LogP contribution in [0, 0.1) is 11.3 Å². The molecule has 0 radical (unpaired) electrons. The van der Waals surface area contributed by atoms with Crippen LogP contribution >= 0.6 is 0 Å². The smallest absolute Gasteiger partial charge is 0.306 e. The first-order valence-corrected chi connectivity index (χ1v) is 6.97. The third kappa shape index (κ3) is 10.5. The second kappa shape index (κ2) is 8.18. The highest BCUT2D eigenvalue weighted by Crippen LogP contribution is 2.14. The number of hydrogen-bond acceptors (Lipinski definition) is 4. The summed E-state index contributed by atoms with van der Waals surface area (Å²) >= 11 is 0. The summed E-state index contributed by atoms with van der Waals surface area (Å²) in [7, 11) is 0. The largest absolute Gasteiger partial charge is 0.465 e. The Hall–Kier alpha value is -1.06. The van der Waals surface area contributed by atoms with Crippen LogP contribution in [0.2, 0.25) is 0 Å². The zero-order valence-corrected chi connectivity index (χ0v) is 13.1. The van der Waals surface area contributed by atoms with Crippen molar-refractivity contribution in [2.24, 2.45) is 11.3 Å². The normalized spacial score (nSPS) is 13.2. The van der Waals surface area contributed by atoms with Crippen molar-refractivity contribution in [2.45, 2.75) is 66.9 Å². The van der Waals surface area contributed by atoms with Gasteiger partial charge in [0.25, 0.3) is 0 Å². The van der Waals surface area contributed by atoms with Gasteiger partial charge in [-0.15, -0.1) is 0 Å². The lowest BCUT2D eigenvalue weighted by Gasteiger charge is -2.18. The topological polar surface area (TPSA) is 52.6 Å². The van der Waals surface area contributed by atoms with Crippen LogP contribution in [0.4, 0.5) is 0 Å². The van der Waals surface area contributed by atoms with E-state index in [0.29, 0.717) is 18.9 Å². The molecule has 0 N–H and O–H groups in total. The molecule has 0 fully saturated rings. The monoisotopic (exact) mass is 272 g/mol. The molecule has 0 bridgehead atoms. The van der Waals surface area contributed by atoms with E-state index >= 15 is 0 Å². The van der Waals surface area contributed by atoms with Crippen molar-refractivity contribution < 1.29 is 19.1 Å². The number of esters is 2. The van der Waals surface area contributed by atoms with Crippen molar-refractivity contribution in [3.05, 3.63) is 0 Å². The zero-order valence-electron chi connectivity index (χ0n) is 13.1. The van der Waals surface area contributed by atoms with E-state index in [4.69, 9.17) is 9.47 Å². The molecule has 0 aliphatic heterocycles. The summed E-state index contributed by atoms with van der Waals surface area (Å²) in [5, 5.41) is 0. The molecule has 0 rings (SSSR count). The molecule has 0 amide bonds. The minimum atomic E-state index is -0.250. The van der Waals surface area contributed by atoms with Crippen LogP contribution in [-0.4, -0.2) is 24.6 Å². The molecule has 0 saturated carbocycles. The fourth-order valence-corrected chi connectivity index (χ4v) is 1.15. The Morgan fingerprint density at radius 1 is 1.00 bits per heavy atom. The van der Waals surface area contributed by atoms with Gasteiger partial charge >= 0.3 is 11.9 Å². The van der Waals surface area contributed by atoms with E-state index in [0.717, 1.165) is 0 Å². The molecule has 0 aromatic carbocycles. The molecule has 0 saturated heterocycles. The molecule has 4 heteroatoms. The molecule has 19 heavy (non-hydrogen) atoms. The van der Waals surface area contributed by atoms with Crippen molar-refractivity contribution >= 4 is 11.9 Å². The standard InChI is InChI=1S/C15H28O4/c1-11(2)12(3)19-14(17)9-7-8-13(16)18-10-15(4,5)6/h11-12H,7-10H2,1-6H3. The molecule has 0 aliphatic rings. The van der Waals surface area contributed by atoms with E-state index in [2.05, 4.69) is 0 Å². The van der Waals surface area contributed by atoms with E-state index in [1.54, 1.807) is 0 Å². The highest BCUT2D eigenvalue weighted by molar-refractivity contribution is 5.72. The second-order valence-electron chi connectivity index (χ2n) is 6.51. The van der Waals surface area contributed by atoms with Crippen LogP contribution in [0.15, 0.2) is 0 Å². The Bertz CT molecular complexity index is 289. The van der Waals surface area contributed by atoms with Gasteiger partial charge in [-0.1, -0.05) is 34.6 Å². The van der Waals surface area contributed by atoms with Crippen LogP contribution in [0.25, 0.3) is 0 Å². The van der Waals surface area contributed by atoms with Gasteiger partial charge < -0.3 is 9.47 Å². The summed E-state index contributed by atoms with van der Waals surface area (Å²) in [4.78, 5) is 22.9. The number of carbonyl (C=O) groups excluding carboxylic acids is 2. The maximum absolute atomic E-state index is 11.5. The Kier molecular flexibility index (Phi) is 7.72. The number of carbonyl (C=O) groups is 2. The third-order valence-electron chi connectivity index (χ3n) is 2.68. The first-order chi connectivity index (χ1) is 8.61. The van der Waals surface area contributed by atoms with Gasteiger partial charge in [-0.3, -0.25) is 9.59 Å². The lowest BCUT2D eigenvalue weighted by atomic mass is 9.99. The van der Waals surface area contributed by atoms with Crippen molar-refractivity contribution in [3.63, 3.8) is 0 Å². The third-order valence-corrected chi connectivity index (χ3v) is 2.68. The van der Waals surface area contributed by atoms with Crippen LogP contribution in [-0.2, 0) is 19.1 Å². The van der Waals surface area contributed by atoms with E-state index in [-0.39, 0.29) is 36.3 Å². The molecule has 0 aromatic rings. The minimum Gasteiger partial charge on any atom is -0.465 e.